The van der Waals surface area contributed by atoms with Gasteiger partial charge in [0, 0.05) is 51.0 Å². The van der Waals surface area contributed by atoms with Crippen LogP contribution in [-0.2, 0) is 63.7 Å². The molecule has 5 rings (SSSR count). The monoisotopic (exact) mass is 905 g/mol. The first kappa shape index (κ1) is 51.7. The molecule has 360 valence electrons. The zero-order valence-electron chi connectivity index (χ0n) is 38.7. The molecule has 18 nitrogen and oxygen atoms in total. The fraction of sp³-hybridized carbons (Fsp3) is 0.739. The Kier molecular flexibility index (Phi) is 20.3. The van der Waals surface area contributed by atoms with Gasteiger partial charge in [-0.15, -0.1) is 0 Å². The van der Waals surface area contributed by atoms with E-state index in [1.807, 2.05) is 39.0 Å². The molecule has 4 aliphatic rings. The lowest BCUT2D eigenvalue weighted by Crippen LogP contribution is -2.63. The van der Waals surface area contributed by atoms with Gasteiger partial charge in [-0.3, -0.25) is 14.6 Å². The van der Waals surface area contributed by atoms with E-state index < -0.39 is 97.3 Å². The highest BCUT2D eigenvalue weighted by Gasteiger charge is 2.48. The second-order valence-electron chi connectivity index (χ2n) is 17.7. The zero-order valence-corrected chi connectivity index (χ0v) is 38.7. The molecule has 0 radical (unpaired) electrons. The van der Waals surface area contributed by atoms with Crippen molar-refractivity contribution in [3.63, 3.8) is 0 Å². The van der Waals surface area contributed by atoms with Crippen molar-refractivity contribution in [1.82, 2.24) is 9.88 Å². The van der Waals surface area contributed by atoms with Crippen molar-refractivity contribution in [3.8, 4) is 0 Å². The minimum atomic E-state index is -1.25. The van der Waals surface area contributed by atoms with Gasteiger partial charge in [-0.25, -0.2) is 0 Å². The standard InChI is InChI=1S/C46H71N3O15/c1-26-10-11-35(50)27(2)19-33-14-17-57-24-34(48-61-23-31-12-15-47-16-13-31)25-58-36(28(3)42(33)64-45-41(54)38(49(6)7)39(52)29(4)62-45)20-37(51)59-21-32(18-26)22-60-46-44(56-9)43(55-8)40(53)30(5)63-46/h10-13,15-16,18,27-30,32-33,36,38-46,52-54H,14,17,19-25H2,1-9H3/b11-10+,26-18+,48-34+/t27-,28+,29-,30-,32+,33?,36-,38+,39-,40-,41-,42-,43-,44-,45+,46-/m1/s1. The molecule has 5 heterocycles. The third-order valence-electron chi connectivity index (χ3n) is 12.6. The molecule has 1 aromatic rings. The number of carbonyl (C=O) groups excluding carboxylic acids is 2. The highest BCUT2D eigenvalue weighted by atomic mass is 16.7. The fourth-order valence-electron chi connectivity index (χ4n) is 8.78. The average Bonchev–Trinajstić information content (AvgIpc) is 3.29. The summed E-state index contributed by atoms with van der Waals surface area (Å²) in [6, 6.07) is 2.94. The number of cyclic esters (lactones) is 1. The minimum absolute atomic E-state index is 0.0323. The van der Waals surface area contributed by atoms with Crippen molar-refractivity contribution in [2.75, 3.05) is 61.3 Å². The molecular formula is C46H71N3O15. The van der Waals surface area contributed by atoms with Gasteiger partial charge in [-0.1, -0.05) is 36.7 Å². The minimum Gasteiger partial charge on any atom is -0.465 e. The highest BCUT2D eigenvalue weighted by molar-refractivity contribution is 5.91. The van der Waals surface area contributed by atoms with E-state index in [0.29, 0.717) is 18.6 Å². The third kappa shape index (κ3) is 14.1. The number of pyridine rings is 1. The van der Waals surface area contributed by atoms with Crippen LogP contribution in [0.25, 0.3) is 0 Å². The number of ether oxygens (including phenoxy) is 9. The van der Waals surface area contributed by atoms with Crippen LogP contribution in [0.5, 0.6) is 0 Å². The van der Waals surface area contributed by atoms with Gasteiger partial charge in [-0.05, 0) is 77.4 Å². The SMILES string of the molecule is CO[C@@H]1[C@H](O)[C@@H](C)O[C@@H](OC[C@H]2/C=C(C)/C=C/C(=O)[C@H](C)CC3CCOC/C(=N\OCc4ccncc4)CO[C@H](CC(=O)OC2)[C@H](C)[C@H]3O[C@@H]2O[C@H](C)[C@@H](O)[C@H](N(C)C)[C@H]2O)[C@@H]1OC. The van der Waals surface area contributed by atoms with Crippen LogP contribution >= 0.6 is 0 Å². The average molecular weight is 906 g/mol. The Bertz CT molecular complexity index is 1700. The summed E-state index contributed by atoms with van der Waals surface area (Å²) in [5.41, 5.74) is 2.06. The molecule has 16 atom stereocenters. The van der Waals surface area contributed by atoms with Crippen molar-refractivity contribution in [2.45, 2.75) is 134 Å². The van der Waals surface area contributed by atoms with E-state index in [-0.39, 0.29) is 57.8 Å². The van der Waals surface area contributed by atoms with Crippen LogP contribution in [0, 0.1) is 23.7 Å². The number of methoxy groups -OCH3 is 2. The molecule has 0 amide bonds. The number of oxime groups is 1. The number of rotatable bonds is 11. The van der Waals surface area contributed by atoms with Crippen LogP contribution in [0.1, 0.15) is 59.4 Å². The van der Waals surface area contributed by atoms with Gasteiger partial charge in [0.2, 0.25) is 0 Å². The van der Waals surface area contributed by atoms with Gasteiger partial charge in [0.1, 0.15) is 36.7 Å². The number of esters is 1. The number of carbonyl (C=O) groups is 2. The first-order chi connectivity index (χ1) is 30.6. The van der Waals surface area contributed by atoms with E-state index in [1.54, 1.807) is 57.4 Å². The number of hydrogen-bond donors (Lipinski definition) is 3. The normalized spacial score (nSPS) is 39.7. The molecule has 3 saturated heterocycles. The van der Waals surface area contributed by atoms with Gasteiger partial charge in [-0.2, -0.15) is 0 Å². The van der Waals surface area contributed by atoms with Crippen molar-refractivity contribution < 1.29 is 72.4 Å². The van der Waals surface area contributed by atoms with Crippen molar-refractivity contribution in [1.29, 1.82) is 0 Å². The molecule has 3 fully saturated rings. The topological polar surface area (TPSA) is 216 Å². The van der Waals surface area contributed by atoms with Crippen LogP contribution in [0.15, 0.2) is 53.5 Å². The summed E-state index contributed by atoms with van der Waals surface area (Å²) in [6.45, 7) is 9.47. The quantitative estimate of drug-likeness (QED) is 0.215. The summed E-state index contributed by atoms with van der Waals surface area (Å²) in [7, 11) is 6.50. The maximum Gasteiger partial charge on any atom is 0.308 e. The Balaban J connectivity index is 1.46. The predicted molar refractivity (Wildman–Crippen MR) is 232 cm³/mol. The molecule has 1 unspecified atom stereocenters. The van der Waals surface area contributed by atoms with Gasteiger partial charge in [0.15, 0.2) is 18.4 Å². The number of fused-ring (bicyclic) bond motifs is 3. The molecule has 0 aromatic carbocycles. The first-order valence-electron chi connectivity index (χ1n) is 22.3. The molecular weight excluding hydrogens is 835 g/mol. The van der Waals surface area contributed by atoms with Gasteiger partial charge >= 0.3 is 5.97 Å². The molecule has 0 aliphatic carbocycles. The summed E-state index contributed by atoms with van der Waals surface area (Å²) in [5.74, 6) is -2.54. The molecule has 0 spiro atoms. The van der Waals surface area contributed by atoms with Crippen LogP contribution in [0.3, 0.4) is 0 Å². The number of hydrogen-bond acceptors (Lipinski definition) is 18. The molecule has 3 N–H and O–H groups in total. The smallest absolute Gasteiger partial charge is 0.308 e. The highest BCUT2D eigenvalue weighted by Crippen LogP contribution is 2.36. The summed E-state index contributed by atoms with van der Waals surface area (Å²) in [5, 5.41) is 37.7. The van der Waals surface area contributed by atoms with Crippen LogP contribution in [-0.4, -0.2) is 178 Å². The Hall–Kier alpha value is -3.24. The number of aromatic nitrogens is 1. The van der Waals surface area contributed by atoms with E-state index in [4.69, 9.17) is 47.5 Å². The second-order valence-corrected chi connectivity index (χ2v) is 17.7. The molecule has 64 heavy (non-hydrogen) atoms. The second kappa shape index (κ2) is 25.0. The Labute approximate surface area is 377 Å². The van der Waals surface area contributed by atoms with E-state index in [9.17, 15) is 24.9 Å². The van der Waals surface area contributed by atoms with E-state index in [0.717, 1.165) is 11.1 Å². The maximum atomic E-state index is 14.0. The Morgan fingerprint density at radius 2 is 1.59 bits per heavy atom. The van der Waals surface area contributed by atoms with E-state index in [1.165, 1.54) is 14.2 Å². The van der Waals surface area contributed by atoms with Crippen molar-refractivity contribution >= 4 is 17.5 Å². The number of likely N-dealkylation sites (N-methyl/N-ethyl adjacent to an activating group) is 1. The number of aliphatic hydroxyl groups excluding tert-OH is 3. The lowest BCUT2D eigenvalue weighted by molar-refractivity contribution is -0.305. The number of aliphatic hydroxyl groups is 3. The lowest BCUT2D eigenvalue weighted by Gasteiger charge is -2.47. The van der Waals surface area contributed by atoms with Crippen LogP contribution in [0.4, 0.5) is 0 Å². The Morgan fingerprint density at radius 1 is 0.891 bits per heavy atom. The van der Waals surface area contributed by atoms with Crippen molar-refractivity contribution in [3.05, 3.63) is 53.9 Å². The van der Waals surface area contributed by atoms with Crippen molar-refractivity contribution in [2.24, 2.45) is 28.8 Å². The van der Waals surface area contributed by atoms with Gasteiger partial charge < -0.3 is 67.7 Å². The maximum absolute atomic E-state index is 14.0. The summed E-state index contributed by atoms with van der Waals surface area (Å²) >= 11 is 0. The van der Waals surface area contributed by atoms with E-state index >= 15 is 0 Å². The fourth-order valence-corrected chi connectivity index (χ4v) is 8.78. The van der Waals surface area contributed by atoms with Gasteiger partial charge in [0.25, 0.3) is 0 Å². The number of nitrogens with zero attached hydrogens (tertiary/aromatic N) is 3. The predicted octanol–water partition coefficient (Wildman–Crippen LogP) is 2.61. The molecule has 0 saturated carbocycles. The molecule has 4 aliphatic heterocycles. The lowest BCUT2D eigenvalue weighted by atomic mass is 9.79. The molecule has 18 heteroatoms. The summed E-state index contributed by atoms with van der Waals surface area (Å²) < 4.78 is 55.1. The Morgan fingerprint density at radius 3 is 2.30 bits per heavy atom. The summed E-state index contributed by atoms with van der Waals surface area (Å²) in [6.07, 6.45) is -0.487. The first-order valence-corrected chi connectivity index (χ1v) is 22.3. The van der Waals surface area contributed by atoms with Crippen LogP contribution in [0.2, 0.25) is 0 Å². The largest absolute Gasteiger partial charge is 0.465 e. The summed E-state index contributed by atoms with van der Waals surface area (Å²) in [4.78, 5) is 39.4. The van der Waals surface area contributed by atoms with Gasteiger partial charge in [0.05, 0.1) is 69.4 Å². The third-order valence-corrected chi connectivity index (χ3v) is 12.6. The molecule has 2 bridgehead atoms. The van der Waals surface area contributed by atoms with E-state index in [2.05, 4.69) is 10.1 Å². The number of ketones is 1. The molecule has 1 aromatic heterocycles. The number of allylic oxidation sites excluding steroid dienone is 3. The zero-order chi connectivity index (χ0) is 46.5. The van der Waals surface area contributed by atoms with Crippen LogP contribution < -0.4 is 0 Å².